The van der Waals surface area contributed by atoms with Crippen LogP contribution >= 0.6 is 12.4 Å². The summed E-state index contributed by atoms with van der Waals surface area (Å²) in [5, 5.41) is 0. The Morgan fingerprint density at radius 2 is 1.75 bits per heavy atom. The molecule has 104 valence electrons. The first-order valence-corrected chi connectivity index (χ1v) is 6.89. The smallest absolute Gasteiger partial charge is 0.164 e. The number of halogens is 1. The maximum atomic E-state index is 11.7. The van der Waals surface area contributed by atoms with Gasteiger partial charge in [-0.25, -0.2) is 0 Å². The van der Waals surface area contributed by atoms with E-state index in [9.17, 15) is 4.79 Å². The summed E-state index contributed by atoms with van der Waals surface area (Å²) in [7, 11) is 0. The lowest BCUT2D eigenvalue weighted by Gasteiger charge is -2.14. The molecule has 1 aliphatic carbocycles. The molecule has 0 saturated carbocycles. The number of hydrogen-bond acceptors (Lipinski definition) is 2. The first-order chi connectivity index (χ1) is 9.33. The molecule has 0 radical (unpaired) electrons. The minimum atomic E-state index is 0. The van der Waals surface area contributed by atoms with Crippen LogP contribution in [-0.4, -0.2) is 10.8 Å². The van der Waals surface area contributed by atoms with Crippen LogP contribution in [0.2, 0.25) is 0 Å². The second-order valence-electron chi connectivity index (χ2n) is 5.06. The summed E-state index contributed by atoms with van der Waals surface area (Å²) < 4.78 is 0. The van der Waals surface area contributed by atoms with Gasteiger partial charge in [0, 0.05) is 17.7 Å². The van der Waals surface area contributed by atoms with Crippen molar-refractivity contribution >= 4 is 18.2 Å². The Morgan fingerprint density at radius 1 is 0.950 bits per heavy atom. The zero-order valence-corrected chi connectivity index (χ0v) is 12.2. The third kappa shape index (κ3) is 3.26. The van der Waals surface area contributed by atoms with Crippen molar-refractivity contribution in [3.63, 3.8) is 0 Å². The van der Waals surface area contributed by atoms with Gasteiger partial charge in [0.05, 0.1) is 5.69 Å². The zero-order chi connectivity index (χ0) is 13.1. The number of benzene rings is 1. The summed E-state index contributed by atoms with van der Waals surface area (Å²) in [4.78, 5) is 16.4. The van der Waals surface area contributed by atoms with Gasteiger partial charge in [0.1, 0.15) is 0 Å². The molecule has 0 unspecified atom stereocenters. The van der Waals surface area contributed by atoms with E-state index >= 15 is 0 Å². The average Bonchev–Trinajstić information content (AvgIpc) is 2.46. The molecule has 2 nitrogen and oxygen atoms in total. The fourth-order valence-electron chi connectivity index (χ4n) is 2.60. The summed E-state index contributed by atoms with van der Waals surface area (Å²) in [6.07, 6.45) is 4.51. The van der Waals surface area contributed by atoms with Crippen molar-refractivity contribution < 1.29 is 4.79 Å². The van der Waals surface area contributed by atoms with Gasteiger partial charge in [-0.15, -0.1) is 12.4 Å². The number of Topliss-reactive ketones (excluding diaryl/α,β-unsaturated/α-hetero) is 1. The second-order valence-corrected chi connectivity index (χ2v) is 5.06. The third-order valence-electron chi connectivity index (χ3n) is 3.66. The monoisotopic (exact) mass is 287 g/mol. The molecule has 1 aliphatic rings. The van der Waals surface area contributed by atoms with E-state index in [0.717, 1.165) is 42.6 Å². The molecule has 1 aromatic heterocycles. The molecule has 20 heavy (non-hydrogen) atoms. The third-order valence-corrected chi connectivity index (χ3v) is 3.66. The molecule has 0 spiro atoms. The number of ketones is 1. The molecule has 0 amide bonds. The van der Waals surface area contributed by atoms with E-state index in [1.165, 1.54) is 5.56 Å². The average molecular weight is 288 g/mol. The van der Waals surface area contributed by atoms with Crippen molar-refractivity contribution in [2.45, 2.75) is 32.1 Å². The number of fused-ring (bicyclic) bond motifs is 1. The summed E-state index contributed by atoms with van der Waals surface area (Å²) in [5.74, 6) is 0.253. The Balaban J connectivity index is 0.00000147. The lowest BCUT2D eigenvalue weighted by Crippen LogP contribution is -2.13. The fraction of sp³-hybridized carbons (Fsp3) is 0.294. The molecule has 0 saturated heterocycles. The molecule has 0 aliphatic heterocycles. The highest BCUT2D eigenvalue weighted by atomic mass is 35.5. The van der Waals surface area contributed by atoms with Gasteiger partial charge in [-0.1, -0.05) is 30.3 Å². The molecule has 1 heterocycles. The maximum absolute atomic E-state index is 11.7. The number of nitrogens with zero attached hydrogens (tertiary/aromatic N) is 1. The van der Waals surface area contributed by atoms with Crippen LogP contribution in [0.5, 0.6) is 0 Å². The predicted octanol–water partition coefficient (Wildman–Crippen LogP) is 3.81. The first-order valence-electron chi connectivity index (χ1n) is 6.89. The van der Waals surface area contributed by atoms with Crippen molar-refractivity contribution in [1.82, 2.24) is 4.98 Å². The summed E-state index contributed by atoms with van der Waals surface area (Å²) in [6, 6.07) is 14.4. The standard InChI is InChI=1S/C17H17NO.ClH/c19-17-8-4-7-16-15(17)12-11-14(18-16)10-9-13-5-2-1-3-6-13;/h1-3,5-6,11-12H,4,7-10H2;1H. The zero-order valence-electron chi connectivity index (χ0n) is 11.3. The topological polar surface area (TPSA) is 30.0 Å². The molecule has 3 rings (SSSR count). The first kappa shape index (κ1) is 14.7. The van der Waals surface area contributed by atoms with Crippen molar-refractivity contribution in [3.8, 4) is 0 Å². The van der Waals surface area contributed by atoms with Crippen molar-refractivity contribution in [2.75, 3.05) is 0 Å². The summed E-state index contributed by atoms with van der Waals surface area (Å²) >= 11 is 0. The minimum absolute atomic E-state index is 0. The van der Waals surface area contributed by atoms with Crippen molar-refractivity contribution in [1.29, 1.82) is 0 Å². The number of hydrogen-bond donors (Lipinski definition) is 0. The highest BCUT2D eigenvalue weighted by Crippen LogP contribution is 2.20. The van der Waals surface area contributed by atoms with Gasteiger partial charge in [-0.3, -0.25) is 9.78 Å². The number of aryl methyl sites for hydroxylation is 3. The van der Waals surface area contributed by atoms with Crippen LogP contribution in [0.1, 0.15) is 40.2 Å². The van der Waals surface area contributed by atoms with Crippen LogP contribution in [-0.2, 0) is 19.3 Å². The quantitative estimate of drug-likeness (QED) is 0.859. The highest BCUT2D eigenvalue weighted by Gasteiger charge is 2.18. The van der Waals surface area contributed by atoms with E-state index in [1.807, 2.05) is 18.2 Å². The second kappa shape index (κ2) is 6.67. The van der Waals surface area contributed by atoms with Gasteiger partial charge in [-0.2, -0.15) is 0 Å². The van der Waals surface area contributed by atoms with Crippen LogP contribution in [0, 0.1) is 0 Å². The Bertz CT molecular complexity index is 595. The van der Waals surface area contributed by atoms with Crippen LogP contribution in [0.3, 0.4) is 0 Å². The molecule has 1 aromatic carbocycles. The van der Waals surface area contributed by atoms with Crippen molar-refractivity contribution in [2.24, 2.45) is 0 Å². The Morgan fingerprint density at radius 3 is 2.55 bits per heavy atom. The van der Waals surface area contributed by atoms with Gasteiger partial charge in [0.15, 0.2) is 5.78 Å². The molecule has 0 bridgehead atoms. The summed E-state index contributed by atoms with van der Waals surface area (Å²) in [5.41, 5.74) is 4.27. The van der Waals surface area contributed by atoms with E-state index in [-0.39, 0.29) is 18.2 Å². The minimum Gasteiger partial charge on any atom is -0.294 e. The number of carbonyl (C=O) groups is 1. The molecular formula is C17H18ClNO. The number of pyridine rings is 1. The van der Waals surface area contributed by atoms with Crippen LogP contribution < -0.4 is 0 Å². The SMILES string of the molecule is Cl.O=C1CCCc2nc(CCc3ccccc3)ccc21. The molecule has 2 aromatic rings. The van der Waals surface area contributed by atoms with Crippen LogP contribution in [0.15, 0.2) is 42.5 Å². The van der Waals surface area contributed by atoms with Gasteiger partial charge >= 0.3 is 0 Å². The number of aromatic nitrogens is 1. The van der Waals surface area contributed by atoms with E-state index in [4.69, 9.17) is 0 Å². The summed E-state index contributed by atoms with van der Waals surface area (Å²) in [6.45, 7) is 0. The Labute approximate surface area is 125 Å². The lowest BCUT2D eigenvalue weighted by molar-refractivity contribution is 0.0971. The van der Waals surface area contributed by atoms with Crippen molar-refractivity contribution in [3.05, 3.63) is 65.0 Å². The van der Waals surface area contributed by atoms with Crippen LogP contribution in [0.4, 0.5) is 0 Å². The van der Waals surface area contributed by atoms with E-state index in [1.54, 1.807) is 0 Å². The number of rotatable bonds is 3. The Hall–Kier alpha value is -1.67. The van der Waals surface area contributed by atoms with E-state index in [0.29, 0.717) is 6.42 Å². The predicted molar refractivity (Wildman–Crippen MR) is 82.6 cm³/mol. The normalized spacial score (nSPS) is 13.5. The van der Waals surface area contributed by atoms with E-state index < -0.39 is 0 Å². The molecule has 0 atom stereocenters. The number of carbonyl (C=O) groups excluding carboxylic acids is 1. The van der Waals surface area contributed by atoms with Crippen LogP contribution in [0.25, 0.3) is 0 Å². The fourth-order valence-corrected chi connectivity index (χ4v) is 2.60. The highest BCUT2D eigenvalue weighted by molar-refractivity contribution is 5.97. The van der Waals surface area contributed by atoms with E-state index in [2.05, 4.69) is 29.2 Å². The largest absolute Gasteiger partial charge is 0.294 e. The molecular weight excluding hydrogens is 270 g/mol. The van der Waals surface area contributed by atoms with Gasteiger partial charge in [0.2, 0.25) is 0 Å². The maximum Gasteiger partial charge on any atom is 0.164 e. The lowest BCUT2D eigenvalue weighted by atomic mass is 9.94. The molecule has 0 fully saturated rings. The molecule has 3 heteroatoms. The molecule has 0 N–H and O–H groups in total. The van der Waals surface area contributed by atoms with Gasteiger partial charge in [0.25, 0.3) is 0 Å². The van der Waals surface area contributed by atoms with Gasteiger partial charge < -0.3 is 0 Å². The van der Waals surface area contributed by atoms with Gasteiger partial charge in [-0.05, 0) is 43.4 Å². The Kier molecular flexibility index (Phi) is 4.91.